The summed E-state index contributed by atoms with van der Waals surface area (Å²) in [6, 6.07) is 13.7. The van der Waals surface area contributed by atoms with Gasteiger partial charge in [-0.25, -0.2) is 0 Å². The second-order valence-corrected chi connectivity index (χ2v) is 7.38. The average Bonchev–Trinajstić information content (AvgIpc) is 2.94. The second kappa shape index (κ2) is 7.79. The molecule has 0 aliphatic heterocycles. The van der Waals surface area contributed by atoms with Gasteiger partial charge in [0.15, 0.2) is 0 Å². The molecular formula is C21H22N2O2S. The molecule has 2 aromatic carbocycles. The Morgan fingerprint density at radius 2 is 1.88 bits per heavy atom. The highest BCUT2D eigenvalue weighted by molar-refractivity contribution is 7.98. The van der Waals surface area contributed by atoms with Crippen LogP contribution in [0.15, 0.2) is 51.9 Å². The number of aromatic nitrogens is 1. The molecule has 0 aliphatic rings. The van der Waals surface area contributed by atoms with Gasteiger partial charge < -0.3 is 9.84 Å². The van der Waals surface area contributed by atoms with Gasteiger partial charge in [-0.05, 0) is 57.0 Å². The normalized spacial score (nSPS) is 10.8. The van der Waals surface area contributed by atoms with Crippen molar-refractivity contribution in [3.63, 3.8) is 0 Å². The molecule has 0 unspecified atom stereocenters. The van der Waals surface area contributed by atoms with Gasteiger partial charge in [0.1, 0.15) is 5.76 Å². The number of amides is 1. The monoisotopic (exact) mass is 366 g/mol. The van der Waals surface area contributed by atoms with Gasteiger partial charge in [0, 0.05) is 21.9 Å². The first kappa shape index (κ1) is 18.3. The van der Waals surface area contributed by atoms with Crippen LogP contribution in [0.1, 0.15) is 38.5 Å². The molecule has 0 aliphatic carbocycles. The molecule has 4 nitrogen and oxygen atoms in total. The van der Waals surface area contributed by atoms with Crippen molar-refractivity contribution in [1.29, 1.82) is 0 Å². The van der Waals surface area contributed by atoms with Gasteiger partial charge in [0.25, 0.3) is 5.91 Å². The summed E-state index contributed by atoms with van der Waals surface area (Å²) in [6.07, 6.45) is 0. The zero-order valence-electron chi connectivity index (χ0n) is 15.4. The molecule has 1 aromatic heterocycles. The van der Waals surface area contributed by atoms with Crippen LogP contribution in [0.2, 0.25) is 0 Å². The standard InChI is InChI=1S/C21H22N2O2S/c1-13-9-10-14(2)19(11-13)22-21(24)17-7-5-6-8-20(17)26-12-18-15(3)23-25-16(18)4/h5-11H,12H2,1-4H3,(H,22,24). The first-order valence-corrected chi connectivity index (χ1v) is 9.46. The number of hydrogen-bond donors (Lipinski definition) is 1. The van der Waals surface area contributed by atoms with E-state index < -0.39 is 0 Å². The van der Waals surface area contributed by atoms with Crippen LogP contribution in [-0.4, -0.2) is 11.1 Å². The van der Waals surface area contributed by atoms with Crippen molar-refractivity contribution >= 4 is 23.4 Å². The lowest BCUT2D eigenvalue weighted by Crippen LogP contribution is -2.14. The third kappa shape index (κ3) is 3.99. The molecule has 3 rings (SSSR count). The molecule has 0 saturated carbocycles. The maximum atomic E-state index is 12.8. The molecule has 5 heteroatoms. The topological polar surface area (TPSA) is 55.1 Å². The van der Waals surface area contributed by atoms with E-state index in [1.54, 1.807) is 11.8 Å². The van der Waals surface area contributed by atoms with Crippen LogP contribution in [0, 0.1) is 27.7 Å². The minimum Gasteiger partial charge on any atom is -0.361 e. The minimum atomic E-state index is -0.0967. The molecule has 26 heavy (non-hydrogen) atoms. The molecule has 1 N–H and O–H groups in total. The molecule has 1 heterocycles. The Morgan fingerprint density at radius 1 is 1.12 bits per heavy atom. The van der Waals surface area contributed by atoms with E-state index in [-0.39, 0.29) is 5.91 Å². The Hall–Kier alpha value is -2.53. The van der Waals surface area contributed by atoms with E-state index in [1.165, 1.54) is 0 Å². The van der Waals surface area contributed by atoms with Crippen molar-refractivity contribution in [2.24, 2.45) is 0 Å². The van der Waals surface area contributed by atoms with Crippen LogP contribution in [0.3, 0.4) is 0 Å². The quantitative estimate of drug-likeness (QED) is 0.610. The smallest absolute Gasteiger partial charge is 0.256 e. The number of hydrogen-bond acceptors (Lipinski definition) is 4. The zero-order chi connectivity index (χ0) is 18.7. The van der Waals surface area contributed by atoms with E-state index >= 15 is 0 Å². The van der Waals surface area contributed by atoms with E-state index in [0.29, 0.717) is 5.56 Å². The number of carbonyl (C=O) groups excluding carboxylic acids is 1. The third-order valence-electron chi connectivity index (χ3n) is 4.33. The van der Waals surface area contributed by atoms with Crippen LogP contribution in [0.25, 0.3) is 0 Å². The highest BCUT2D eigenvalue weighted by Crippen LogP contribution is 2.29. The maximum Gasteiger partial charge on any atom is 0.256 e. The number of nitrogens with zero attached hydrogens (tertiary/aromatic N) is 1. The molecule has 1 amide bonds. The summed E-state index contributed by atoms with van der Waals surface area (Å²) in [5, 5.41) is 7.03. The van der Waals surface area contributed by atoms with Crippen molar-refractivity contribution in [3.05, 3.63) is 76.2 Å². The largest absolute Gasteiger partial charge is 0.361 e. The van der Waals surface area contributed by atoms with Gasteiger partial charge in [-0.3, -0.25) is 4.79 Å². The van der Waals surface area contributed by atoms with Gasteiger partial charge in [0.05, 0.1) is 11.3 Å². The summed E-state index contributed by atoms with van der Waals surface area (Å²) in [7, 11) is 0. The highest BCUT2D eigenvalue weighted by Gasteiger charge is 2.15. The summed E-state index contributed by atoms with van der Waals surface area (Å²) in [5.41, 5.74) is 5.66. The van der Waals surface area contributed by atoms with Crippen LogP contribution in [0.4, 0.5) is 5.69 Å². The summed E-state index contributed by atoms with van der Waals surface area (Å²) in [4.78, 5) is 13.8. The fourth-order valence-electron chi connectivity index (χ4n) is 2.70. The van der Waals surface area contributed by atoms with Crippen molar-refractivity contribution in [2.45, 2.75) is 38.3 Å². The fraction of sp³-hybridized carbons (Fsp3) is 0.238. The SMILES string of the molecule is Cc1ccc(C)c(NC(=O)c2ccccc2SCc2c(C)noc2C)c1. The number of benzene rings is 2. The maximum absolute atomic E-state index is 12.8. The van der Waals surface area contributed by atoms with Crippen molar-refractivity contribution < 1.29 is 9.32 Å². The molecule has 134 valence electrons. The molecule has 3 aromatic rings. The lowest BCUT2D eigenvalue weighted by Gasteiger charge is -2.12. The van der Waals surface area contributed by atoms with Crippen LogP contribution in [0.5, 0.6) is 0 Å². The summed E-state index contributed by atoms with van der Waals surface area (Å²) in [6.45, 7) is 7.86. The van der Waals surface area contributed by atoms with Crippen molar-refractivity contribution in [3.8, 4) is 0 Å². The van der Waals surface area contributed by atoms with Crippen LogP contribution >= 0.6 is 11.8 Å². The Bertz CT molecular complexity index is 927. The molecule has 0 spiro atoms. The molecular weight excluding hydrogens is 344 g/mol. The van der Waals surface area contributed by atoms with Gasteiger partial charge in [0.2, 0.25) is 0 Å². The number of anilines is 1. The van der Waals surface area contributed by atoms with Crippen LogP contribution in [-0.2, 0) is 5.75 Å². The third-order valence-corrected chi connectivity index (χ3v) is 5.43. The number of carbonyl (C=O) groups is 1. The van der Waals surface area contributed by atoms with E-state index in [2.05, 4.69) is 10.5 Å². The lowest BCUT2D eigenvalue weighted by atomic mass is 10.1. The summed E-state index contributed by atoms with van der Waals surface area (Å²) in [5.74, 6) is 1.45. The fourth-order valence-corrected chi connectivity index (χ4v) is 3.90. The Balaban J connectivity index is 1.80. The Labute approximate surface area is 158 Å². The van der Waals surface area contributed by atoms with Crippen molar-refractivity contribution in [1.82, 2.24) is 5.16 Å². The Morgan fingerprint density at radius 3 is 2.62 bits per heavy atom. The van der Waals surface area contributed by atoms with Gasteiger partial charge in [-0.15, -0.1) is 11.8 Å². The molecule has 0 atom stereocenters. The van der Waals surface area contributed by atoms with Gasteiger partial charge in [-0.1, -0.05) is 29.4 Å². The van der Waals surface area contributed by atoms with Gasteiger partial charge >= 0.3 is 0 Å². The predicted molar refractivity (Wildman–Crippen MR) is 106 cm³/mol. The highest BCUT2D eigenvalue weighted by atomic mass is 32.2. The lowest BCUT2D eigenvalue weighted by molar-refractivity contribution is 0.102. The first-order valence-electron chi connectivity index (χ1n) is 8.48. The first-order chi connectivity index (χ1) is 12.5. The predicted octanol–water partition coefficient (Wildman–Crippen LogP) is 5.45. The van der Waals surface area contributed by atoms with E-state index in [0.717, 1.165) is 44.5 Å². The Kier molecular flexibility index (Phi) is 5.47. The van der Waals surface area contributed by atoms with Crippen molar-refractivity contribution in [2.75, 3.05) is 5.32 Å². The minimum absolute atomic E-state index is 0.0967. The zero-order valence-corrected chi connectivity index (χ0v) is 16.2. The molecule has 0 radical (unpaired) electrons. The van der Waals surface area contributed by atoms with E-state index in [4.69, 9.17) is 4.52 Å². The number of nitrogens with one attached hydrogen (secondary N) is 1. The summed E-state index contributed by atoms with van der Waals surface area (Å²) < 4.78 is 5.22. The van der Waals surface area contributed by atoms with E-state index in [9.17, 15) is 4.79 Å². The number of rotatable bonds is 5. The van der Waals surface area contributed by atoms with E-state index in [1.807, 2.05) is 70.2 Å². The molecule has 0 saturated heterocycles. The number of thioether (sulfide) groups is 1. The average molecular weight is 366 g/mol. The van der Waals surface area contributed by atoms with Gasteiger partial charge in [-0.2, -0.15) is 0 Å². The number of aryl methyl sites for hydroxylation is 4. The molecule has 0 fully saturated rings. The van der Waals surface area contributed by atoms with Crippen LogP contribution < -0.4 is 5.32 Å². The summed E-state index contributed by atoms with van der Waals surface area (Å²) >= 11 is 1.62. The second-order valence-electron chi connectivity index (χ2n) is 6.36. The molecule has 0 bridgehead atoms.